The molecule has 7 heteroatoms. The number of aliphatic hydroxyl groups excluding tert-OH is 1. The number of benzene rings is 1. The van der Waals surface area contributed by atoms with Gasteiger partial charge in [0.1, 0.15) is 18.6 Å². The zero-order chi connectivity index (χ0) is 15.2. The van der Waals surface area contributed by atoms with Gasteiger partial charge >= 0.3 is 5.97 Å². The summed E-state index contributed by atoms with van der Waals surface area (Å²) in [6.45, 7) is 0.777. The predicted molar refractivity (Wildman–Crippen MR) is 67.1 cm³/mol. The number of ether oxygens (including phenoxy) is 2. The largest absolute Gasteiger partial charge is 0.488 e. The molecule has 0 aliphatic heterocycles. The Morgan fingerprint density at radius 3 is 2.45 bits per heavy atom. The molecule has 110 valence electrons. The van der Waals surface area contributed by atoms with Gasteiger partial charge in [0.25, 0.3) is 0 Å². The number of rotatable bonds is 7. The number of carbonyl (C=O) groups is 2. The van der Waals surface area contributed by atoms with E-state index in [-0.39, 0.29) is 12.4 Å². The molecule has 0 spiro atoms. The molecular weight excluding hydrogens is 268 g/mol. The van der Waals surface area contributed by atoms with Crippen molar-refractivity contribution in [2.75, 3.05) is 13.2 Å². The summed E-state index contributed by atoms with van der Waals surface area (Å²) in [6, 6.07) is 5.83. The Balaban J connectivity index is 2.61. The highest BCUT2D eigenvalue weighted by Gasteiger charge is 2.40. The second-order valence-corrected chi connectivity index (χ2v) is 4.01. The minimum absolute atomic E-state index is 0.0000120. The van der Waals surface area contributed by atoms with Crippen molar-refractivity contribution in [3.05, 3.63) is 29.8 Å². The van der Waals surface area contributed by atoms with Crippen molar-refractivity contribution in [1.29, 1.82) is 0 Å². The third-order valence-electron chi connectivity index (χ3n) is 2.42. The third kappa shape index (κ3) is 4.30. The fraction of sp³-hybridized carbons (Fsp3) is 0.385. The molecule has 0 saturated carbocycles. The summed E-state index contributed by atoms with van der Waals surface area (Å²) >= 11 is 0. The van der Waals surface area contributed by atoms with Crippen molar-refractivity contribution >= 4 is 12.3 Å². The van der Waals surface area contributed by atoms with Crippen molar-refractivity contribution in [2.45, 2.75) is 18.8 Å². The molecule has 0 fully saturated rings. The minimum Gasteiger partial charge on any atom is -0.488 e. The molecule has 0 aromatic heterocycles. The van der Waals surface area contributed by atoms with Gasteiger partial charge in [0.2, 0.25) is 11.9 Å². The summed E-state index contributed by atoms with van der Waals surface area (Å²) in [5.41, 5.74) is 0.433. The summed E-state index contributed by atoms with van der Waals surface area (Å²) in [5.74, 6) is -3.69. The molecule has 7 nitrogen and oxygen atoms in total. The first-order valence-corrected chi connectivity index (χ1v) is 5.88. The van der Waals surface area contributed by atoms with Crippen molar-refractivity contribution in [2.24, 2.45) is 0 Å². The van der Waals surface area contributed by atoms with Crippen molar-refractivity contribution in [1.82, 2.24) is 0 Å². The van der Waals surface area contributed by atoms with Crippen molar-refractivity contribution < 1.29 is 34.4 Å². The zero-order valence-corrected chi connectivity index (χ0v) is 10.9. The fourth-order valence-electron chi connectivity index (χ4n) is 1.32. The van der Waals surface area contributed by atoms with Gasteiger partial charge in [-0.05, 0) is 31.2 Å². The van der Waals surface area contributed by atoms with Crippen molar-refractivity contribution in [3.63, 3.8) is 0 Å². The lowest BCUT2D eigenvalue weighted by molar-refractivity contribution is -0.243. The SMILES string of the molecule is CCOC(=O)C(O)C(O)(O)COc1ccc(C=O)cc1. The van der Waals surface area contributed by atoms with Crippen LogP contribution in [0.15, 0.2) is 24.3 Å². The molecule has 1 atom stereocenters. The van der Waals surface area contributed by atoms with Gasteiger partial charge in [-0.3, -0.25) is 4.79 Å². The number of carbonyl (C=O) groups excluding carboxylic acids is 2. The van der Waals surface area contributed by atoms with Crippen LogP contribution >= 0.6 is 0 Å². The van der Waals surface area contributed by atoms with E-state index in [1.165, 1.54) is 31.2 Å². The summed E-state index contributed by atoms with van der Waals surface area (Å²) < 4.78 is 9.50. The van der Waals surface area contributed by atoms with E-state index in [9.17, 15) is 24.9 Å². The molecule has 0 radical (unpaired) electrons. The summed E-state index contributed by atoms with van der Waals surface area (Å²) in [7, 11) is 0. The van der Waals surface area contributed by atoms with E-state index in [2.05, 4.69) is 4.74 Å². The van der Waals surface area contributed by atoms with Gasteiger partial charge in [0.15, 0.2) is 0 Å². The van der Waals surface area contributed by atoms with Crippen LogP contribution in [0.1, 0.15) is 17.3 Å². The van der Waals surface area contributed by atoms with Crippen LogP contribution in [0.25, 0.3) is 0 Å². The normalized spacial score (nSPS) is 12.6. The lowest BCUT2D eigenvalue weighted by Gasteiger charge is -2.25. The topological polar surface area (TPSA) is 113 Å². The van der Waals surface area contributed by atoms with E-state index in [1.54, 1.807) is 0 Å². The summed E-state index contributed by atoms with van der Waals surface area (Å²) in [5, 5.41) is 28.6. The van der Waals surface area contributed by atoms with Crippen LogP contribution in [0.2, 0.25) is 0 Å². The first-order chi connectivity index (χ1) is 9.40. The smallest absolute Gasteiger partial charge is 0.340 e. The Labute approximate surface area is 115 Å². The third-order valence-corrected chi connectivity index (χ3v) is 2.42. The molecule has 0 amide bonds. The van der Waals surface area contributed by atoms with Crippen LogP contribution in [0.5, 0.6) is 5.75 Å². The molecule has 3 N–H and O–H groups in total. The second kappa shape index (κ2) is 6.99. The van der Waals surface area contributed by atoms with Crippen LogP contribution in [0.4, 0.5) is 0 Å². The number of aliphatic hydroxyl groups is 3. The Kier molecular flexibility index (Phi) is 5.63. The van der Waals surface area contributed by atoms with Crippen LogP contribution in [-0.2, 0) is 9.53 Å². The average molecular weight is 284 g/mol. The van der Waals surface area contributed by atoms with Gasteiger partial charge in [0, 0.05) is 5.56 Å². The Bertz CT molecular complexity index is 452. The maximum Gasteiger partial charge on any atom is 0.340 e. The fourth-order valence-corrected chi connectivity index (χ4v) is 1.32. The van der Waals surface area contributed by atoms with Crippen molar-refractivity contribution in [3.8, 4) is 5.75 Å². The van der Waals surface area contributed by atoms with E-state index >= 15 is 0 Å². The van der Waals surface area contributed by atoms with Gasteiger partial charge in [0.05, 0.1) is 6.61 Å². The van der Waals surface area contributed by atoms with E-state index in [1.807, 2.05) is 0 Å². The standard InChI is InChI=1S/C13H16O7/c1-2-19-12(16)11(15)13(17,18)8-20-10-5-3-9(7-14)4-6-10/h3-7,11,15,17-18H,2,8H2,1H3. The number of hydrogen-bond donors (Lipinski definition) is 3. The summed E-state index contributed by atoms with van der Waals surface area (Å²) in [4.78, 5) is 21.7. The lowest BCUT2D eigenvalue weighted by atomic mass is 10.1. The molecule has 0 aliphatic rings. The van der Waals surface area contributed by atoms with Gasteiger partial charge in [-0.15, -0.1) is 0 Å². The second-order valence-electron chi connectivity index (χ2n) is 4.01. The molecule has 1 unspecified atom stereocenters. The predicted octanol–water partition coefficient (Wildman–Crippen LogP) is -0.517. The van der Waals surface area contributed by atoms with Crippen LogP contribution < -0.4 is 4.74 Å². The molecule has 20 heavy (non-hydrogen) atoms. The van der Waals surface area contributed by atoms with E-state index < -0.39 is 24.5 Å². The zero-order valence-electron chi connectivity index (χ0n) is 10.9. The first kappa shape index (κ1) is 16.1. The first-order valence-electron chi connectivity index (χ1n) is 5.88. The lowest BCUT2D eigenvalue weighted by Crippen LogP contribution is -2.52. The number of hydrogen-bond acceptors (Lipinski definition) is 7. The molecule has 0 aliphatic carbocycles. The van der Waals surface area contributed by atoms with Crippen LogP contribution in [0.3, 0.4) is 0 Å². The Hall–Kier alpha value is -1.96. The molecule has 0 heterocycles. The van der Waals surface area contributed by atoms with Gasteiger partial charge < -0.3 is 24.8 Å². The highest BCUT2D eigenvalue weighted by molar-refractivity contribution is 5.75. The molecule has 0 bridgehead atoms. The molecule has 0 saturated heterocycles. The minimum atomic E-state index is -2.78. The molecule has 1 aromatic carbocycles. The number of aldehydes is 1. The van der Waals surface area contributed by atoms with Crippen LogP contribution in [-0.4, -0.2) is 52.7 Å². The Morgan fingerprint density at radius 2 is 1.95 bits per heavy atom. The van der Waals surface area contributed by atoms with Gasteiger partial charge in [-0.25, -0.2) is 4.79 Å². The highest BCUT2D eigenvalue weighted by atomic mass is 16.6. The van der Waals surface area contributed by atoms with Crippen LogP contribution in [0, 0.1) is 0 Å². The highest BCUT2D eigenvalue weighted by Crippen LogP contribution is 2.15. The summed E-state index contributed by atoms with van der Waals surface area (Å²) in [6.07, 6.45) is -1.49. The van der Waals surface area contributed by atoms with E-state index in [0.29, 0.717) is 11.8 Å². The van der Waals surface area contributed by atoms with Gasteiger partial charge in [-0.2, -0.15) is 0 Å². The number of esters is 1. The molecule has 1 aromatic rings. The maximum atomic E-state index is 11.2. The molecular formula is C13H16O7. The van der Waals surface area contributed by atoms with E-state index in [0.717, 1.165) is 0 Å². The monoisotopic (exact) mass is 284 g/mol. The van der Waals surface area contributed by atoms with E-state index in [4.69, 9.17) is 4.74 Å². The molecule has 1 rings (SSSR count). The Morgan fingerprint density at radius 1 is 1.35 bits per heavy atom. The quantitative estimate of drug-likeness (QED) is 0.351. The average Bonchev–Trinajstić information content (AvgIpc) is 2.45. The maximum absolute atomic E-state index is 11.2. The van der Waals surface area contributed by atoms with Gasteiger partial charge in [-0.1, -0.05) is 0 Å².